The molecule has 0 aliphatic rings. The minimum absolute atomic E-state index is 0.697. The standard InChI is InChI=1S/C49H29N3S/c1-2-13-30(14-3-1)48-50-43(29-44(51-48)32-25-26-38-36-19-5-4-17-34(36)35-18-6-7-20-37(35)42(38)28-32)31-15-12-16-33(27-31)47-40-22-9-8-21-39(40)46-41-23-10-11-24-45(41)53-49(46)52-47/h1-29H. The summed E-state index contributed by atoms with van der Waals surface area (Å²) in [6.45, 7) is 0. The molecule has 11 rings (SSSR count). The summed E-state index contributed by atoms with van der Waals surface area (Å²) in [4.78, 5) is 16.8. The average Bonchev–Trinajstić information content (AvgIpc) is 3.62. The number of nitrogens with zero attached hydrogens (tertiary/aromatic N) is 3. The summed E-state index contributed by atoms with van der Waals surface area (Å²) in [7, 11) is 0. The van der Waals surface area contributed by atoms with Gasteiger partial charge >= 0.3 is 0 Å². The van der Waals surface area contributed by atoms with E-state index in [0.29, 0.717) is 5.82 Å². The molecule has 3 nitrogen and oxygen atoms in total. The number of fused-ring (bicyclic) bond motifs is 11. The fourth-order valence-corrected chi connectivity index (χ4v) is 9.11. The fraction of sp³-hybridized carbons (Fsp3) is 0. The molecule has 0 fully saturated rings. The SMILES string of the molecule is c1ccc(-c2nc(-c3cccc(-c4nc5sc6ccccc6c5c5ccccc45)c3)cc(-c3ccc4c5ccccc5c5ccccc5c4c3)n2)cc1. The van der Waals surface area contributed by atoms with Gasteiger partial charge in [-0.1, -0.05) is 152 Å². The Morgan fingerprint density at radius 1 is 0.321 bits per heavy atom. The van der Waals surface area contributed by atoms with Gasteiger partial charge < -0.3 is 0 Å². The number of rotatable bonds is 4. The third-order valence-corrected chi connectivity index (χ3v) is 11.5. The smallest absolute Gasteiger partial charge is 0.160 e. The van der Waals surface area contributed by atoms with Gasteiger partial charge in [-0.15, -0.1) is 11.3 Å². The van der Waals surface area contributed by atoms with Crippen LogP contribution in [0.4, 0.5) is 0 Å². The first-order valence-electron chi connectivity index (χ1n) is 17.9. The lowest BCUT2D eigenvalue weighted by molar-refractivity contribution is 1.18. The Balaban J connectivity index is 1.11. The Morgan fingerprint density at radius 3 is 1.57 bits per heavy atom. The number of thiophene rings is 1. The van der Waals surface area contributed by atoms with Gasteiger partial charge in [-0.2, -0.15) is 0 Å². The summed E-state index contributed by atoms with van der Waals surface area (Å²) in [5.74, 6) is 0.697. The van der Waals surface area contributed by atoms with Crippen LogP contribution in [0, 0.1) is 0 Å². The van der Waals surface area contributed by atoms with Crippen molar-refractivity contribution in [3.63, 3.8) is 0 Å². The summed E-state index contributed by atoms with van der Waals surface area (Å²) >= 11 is 1.76. The Hall–Kier alpha value is -6.75. The van der Waals surface area contributed by atoms with Crippen LogP contribution in [-0.4, -0.2) is 15.0 Å². The Kier molecular flexibility index (Phi) is 6.73. The maximum atomic E-state index is 5.34. The normalized spacial score (nSPS) is 11.8. The molecule has 0 saturated carbocycles. The predicted octanol–water partition coefficient (Wildman–Crippen LogP) is 13.5. The summed E-state index contributed by atoms with van der Waals surface area (Å²) in [6, 6.07) is 62.5. The van der Waals surface area contributed by atoms with E-state index in [2.05, 4.69) is 158 Å². The second-order valence-corrected chi connectivity index (χ2v) is 14.6. The van der Waals surface area contributed by atoms with Gasteiger partial charge in [0.1, 0.15) is 4.83 Å². The third-order valence-electron chi connectivity index (χ3n) is 10.5. The van der Waals surface area contributed by atoms with Crippen molar-refractivity contribution in [1.82, 2.24) is 15.0 Å². The quantitative estimate of drug-likeness (QED) is 0.172. The molecule has 11 aromatic rings. The highest BCUT2D eigenvalue weighted by atomic mass is 32.1. The van der Waals surface area contributed by atoms with Crippen molar-refractivity contribution >= 4 is 74.7 Å². The number of hydrogen-bond donors (Lipinski definition) is 0. The van der Waals surface area contributed by atoms with Crippen LogP contribution >= 0.6 is 11.3 Å². The van der Waals surface area contributed by atoms with E-state index in [1.165, 1.54) is 53.2 Å². The van der Waals surface area contributed by atoms with Crippen molar-refractivity contribution in [3.8, 4) is 45.2 Å². The predicted molar refractivity (Wildman–Crippen MR) is 224 cm³/mol. The van der Waals surface area contributed by atoms with Crippen molar-refractivity contribution in [3.05, 3.63) is 176 Å². The Morgan fingerprint density at radius 2 is 0.849 bits per heavy atom. The molecule has 0 spiro atoms. The molecule has 4 heteroatoms. The first-order chi connectivity index (χ1) is 26.3. The van der Waals surface area contributed by atoms with Gasteiger partial charge in [-0.25, -0.2) is 15.0 Å². The number of aromatic nitrogens is 3. The van der Waals surface area contributed by atoms with Gasteiger partial charge in [-0.3, -0.25) is 0 Å². The highest BCUT2D eigenvalue weighted by Gasteiger charge is 2.17. The largest absolute Gasteiger partial charge is 0.236 e. The van der Waals surface area contributed by atoms with Crippen LogP contribution in [0.1, 0.15) is 0 Å². The Bertz CT molecular complexity index is 3200. The van der Waals surface area contributed by atoms with Gasteiger partial charge in [0.25, 0.3) is 0 Å². The van der Waals surface area contributed by atoms with E-state index in [-0.39, 0.29) is 0 Å². The van der Waals surface area contributed by atoms with Crippen LogP contribution in [0.25, 0.3) is 109 Å². The molecular formula is C49H29N3S. The molecule has 0 saturated heterocycles. The van der Waals surface area contributed by atoms with E-state index >= 15 is 0 Å². The van der Waals surface area contributed by atoms with E-state index in [4.69, 9.17) is 15.0 Å². The molecule has 0 radical (unpaired) electrons. The van der Waals surface area contributed by atoms with Crippen molar-refractivity contribution in [2.24, 2.45) is 0 Å². The zero-order chi connectivity index (χ0) is 34.9. The second-order valence-electron chi connectivity index (χ2n) is 13.5. The minimum atomic E-state index is 0.697. The molecular weight excluding hydrogens is 663 g/mol. The van der Waals surface area contributed by atoms with E-state index in [1.807, 2.05) is 18.2 Å². The van der Waals surface area contributed by atoms with Gasteiger partial charge in [0, 0.05) is 43.1 Å². The Labute approximate surface area is 309 Å². The molecule has 0 aliphatic carbocycles. The summed E-state index contributed by atoms with van der Waals surface area (Å²) in [5, 5.41) is 12.3. The average molecular weight is 692 g/mol. The van der Waals surface area contributed by atoms with Gasteiger partial charge in [0.2, 0.25) is 0 Å². The lowest BCUT2D eigenvalue weighted by atomic mass is 9.92. The molecule has 53 heavy (non-hydrogen) atoms. The minimum Gasteiger partial charge on any atom is -0.236 e. The van der Waals surface area contributed by atoms with Crippen molar-refractivity contribution < 1.29 is 0 Å². The van der Waals surface area contributed by atoms with Crippen molar-refractivity contribution in [1.29, 1.82) is 0 Å². The molecule has 0 atom stereocenters. The van der Waals surface area contributed by atoms with E-state index in [0.717, 1.165) is 49.6 Å². The highest BCUT2D eigenvalue weighted by Crippen LogP contribution is 2.42. The van der Waals surface area contributed by atoms with E-state index < -0.39 is 0 Å². The fourth-order valence-electron chi connectivity index (χ4n) is 8.01. The highest BCUT2D eigenvalue weighted by molar-refractivity contribution is 7.25. The molecule has 0 N–H and O–H groups in total. The molecule has 3 aromatic heterocycles. The van der Waals surface area contributed by atoms with Gasteiger partial charge in [0.15, 0.2) is 5.82 Å². The monoisotopic (exact) mass is 691 g/mol. The van der Waals surface area contributed by atoms with Crippen molar-refractivity contribution in [2.75, 3.05) is 0 Å². The van der Waals surface area contributed by atoms with Crippen LogP contribution in [-0.2, 0) is 0 Å². The van der Waals surface area contributed by atoms with Crippen LogP contribution < -0.4 is 0 Å². The number of hydrogen-bond acceptors (Lipinski definition) is 4. The lowest BCUT2D eigenvalue weighted by Crippen LogP contribution is -1.96. The molecule has 8 aromatic carbocycles. The molecule has 0 amide bonds. The van der Waals surface area contributed by atoms with Gasteiger partial charge in [0.05, 0.1) is 17.1 Å². The van der Waals surface area contributed by atoms with Gasteiger partial charge in [-0.05, 0) is 62.0 Å². The molecule has 0 unspecified atom stereocenters. The third kappa shape index (κ3) is 4.84. The van der Waals surface area contributed by atoms with E-state index in [9.17, 15) is 0 Å². The van der Waals surface area contributed by atoms with Crippen molar-refractivity contribution in [2.45, 2.75) is 0 Å². The van der Waals surface area contributed by atoms with Crippen LogP contribution in [0.15, 0.2) is 176 Å². The summed E-state index contributed by atoms with van der Waals surface area (Å²) in [6.07, 6.45) is 0. The zero-order valence-corrected chi connectivity index (χ0v) is 29.3. The summed E-state index contributed by atoms with van der Waals surface area (Å²) < 4.78 is 1.25. The first kappa shape index (κ1) is 29.9. The molecule has 0 bridgehead atoms. The number of benzene rings is 8. The molecule has 0 aliphatic heterocycles. The number of pyridine rings is 1. The van der Waals surface area contributed by atoms with Crippen LogP contribution in [0.5, 0.6) is 0 Å². The van der Waals surface area contributed by atoms with Crippen LogP contribution in [0.3, 0.4) is 0 Å². The maximum absolute atomic E-state index is 5.34. The zero-order valence-electron chi connectivity index (χ0n) is 28.5. The topological polar surface area (TPSA) is 38.7 Å². The molecule has 246 valence electrons. The van der Waals surface area contributed by atoms with Crippen LogP contribution in [0.2, 0.25) is 0 Å². The molecule has 3 heterocycles. The first-order valence-corrected chi connectivity index (χ1v) is 18.7. The summed E-state index contributed by atoms with van der Waals surface area (Å²) in [5.41, 5.74) is 6.84. The second kappa shape index (κ2) is 11.9. The lowest BCUT2D eigenvalue weighted by Gasteiger charge is -2.13. The van der Waals surface area contributed by atoms with E-state index in [1.54, 1.807) is 11.3 Å². The maximum Gasteiger partial charge on any atom is 0.160 e.